The van der Waals surface area contributed by atoms with Crippen molar-refractivity contribution in [3.8, 4) is 0 Å². The third-order valence-electron chi connectivity index (χ3n) is 3.49. The monoisotopic (exact) mass is 262 g/mol. The van der Waals surface area contributed by atoms with Crippen LogP contribution in [-0.4, -0.2) is 41.4 Å². The van der Waals surface area contributed by atoms with Gasteiger partial charge in [-0.05, 0) is 30.7 Å². The van der Waals surface area contributed by atoms with Gasteiger partial charge in [-0.15, -0.1) is 0 Å². The first-order valence-corrected chi connectivity index (χ1v) is 6.50. The Hall–Kier alpha value is -1.68. The normalized spacial score (nSPS) is 20.3. The highest BCUT2D eigenvalue weighted by atomic mass is 19.1. The summed E-state index contributed by atoms with van der Waals surface area (Å²) in [5.74, 6) is -0.215. The molecule has 1 aromatic rings. The number of nitrogens with zero attached hydrogens (tertiary/aromatic N) is 2. The number of benzene rings is 1. The smallest absolute Gasteiger partial charge is 0.246 e. The van der Waals surface area contributed by atoms with Crippen LogP contribution in [0.25, 0.3) is 0 Å². The summed E-state index contributed by atoms with van der Waals surface area (Å²) in [6.07, 6.45) is 1.37. The van der Waals surface area contributed by atoms with Crippen LogP contribution in [0.15, 0.2) is 36.9 Å². The fourth-order valence-corrected chi connectivity index (χ4v) is 2.47. The van der Waals surface area contributed by atoms with E-state index in [4.69, 9.17) is 0 Å². The van der Waals surface area contributed by atoms with Crippen LogP contribution in [0.4, 0.5) is 4.39 Å². The lowest BCUT2D eigenvalue weighted by molar-refractivity contribution is -0.130. The minimum absolute atomic E-state index is 0.00562. The van der Waals surface area contributed by atoms with E-state index in [0.29, 0.717) is 6.54 Å². The number of hydrogen-bond donors (Lipinski definition) is 0. The topological polar surface area (TPSA) is 23.6 Å². The highest BCUT2D eigenvalue weighted by molar-refractivity contribution is 5.87. The van der Waals surface area contributed by atoms with E-state index in [1.807, 2.05) is 11.8 Å². The number of carbonyl (C=O) groups excluding carboxylic acids is 1. The lowest BCUT2D eigenvalue weighted by atomic mass is 10.1. The van der Waals surface area contributed by atoms with Gasteiger partial charge in [0, 0.05) is 32.2 Å². The van der Waals surface area contributed by atoms with Crippen LogP contribution in [0.1, 0.15) is 12.5 Å². The van der Waals surface area contributed by atoms with Gasteiger partial charge in [-0.3, -0.25) is 9.69 Å². The Morgan fingerprint density at radius 2 is 2.11 bits per heavy atom. The molecule has 1 amide bonds. The van der Waals surface area contributed by atoms with Crippen molar-refractivity contribution in [2.45, 2.75) is 19.5 Å². The molecule has 4 heteroatoms. The zero-order chi connectivity index (χ0) is 13.8. The van der Waals surface area contributed by atoms with Gasteiger partial charge in [0.1, 0.15) is 5.82 Å². The number of piperazine rings is 1. The molecule has 0 unspecified atom stereocenters. The summed E-state index contributed by atoms with van der Waals surface area (Å²) < 4.78 is 12.8. The predicted octanol–water partition coefficient (Wildman–Crippen LogP) is 2.04. The van der Waals surface area contributed by atoms with E-state index in [-0.39, 0.29) is 17.8 Å². The molecule has 1 fully saturated rings. The molecule has 2 rings (SSSR count). The summed E-state index contributed by atoms with van der Waals surface area (Å²) in [5, 5.41) is 0. The molecule has 102 valence electrons. The van der Waals surface area contributed by atoms with Crippen molar-refractivity contribution in [2.24, 2.45) is 0 Å². The highest BCUT2D eigenvalue weighted by Crippen LogP contribution is 2.14. The molecule has 0 saturated carbocycles. The molecular formula is C15H19FN2O. The van der Waals surface area contributed by atoms with Crippen LogP contribution in [-0.2, 0) is 11.3 Å². The van der Waals surface area contributed by atoms with Crippen molar-refractivity contribution in [3.63, 3.8) is 0 Å². The predicted molar refractivity (Wildman–Crippen MR) is 73.0 cm³/mol. The second-order valence-corrected chi connectivity index (χ2v) is 4.95. The van der Waals surface area contributed by atoms with Crippen LogP contribution in [0, 0.1) is 5.82 Å². The van der Waals surface area contributed by atoms with Crippen molar-refractivity contribution < 1.29 is 9.18 Å². The average Bonchev–Trinajstić information content (AvgIpc) is 2.41. The molecule has 1 atom stereocenters. The molecule has 1 saturated heterocycles. The SMILES string of the molecule is C=CC(=O)N1CCN(Cc2ccc(F)cc2)C[C@H]1C. The van der Waals surface area contributed by atoms with E-state index in [9.17, 15) is 9.18 Å². The van der Waals surface area contributed by atoms with Crippen molar-refractivity contribution in [3.05, 3.63) is 48.3 Å². The minimum atomic E-state index is -0.210. The van der Waals surface area contributed by atoms with Gasteiger partial charge in [-0.2, -0.15) is 0 Å². The lowest BCUT2D eigenvalue weighted by Crippen LogP contribution is -2.53. The zero-order valence-electron chi connectivity index (χ0n) is 11.2. The Kier molecular flexibility index (Phi) is 4.32. The molecule has 1 aliphatic heterocycles. The minimum Gasteiger partial charge on any atom is -0.334 e. The van der Waals surface area contributed by atoms with Gasteiger partial charge in [-0.25, -0.2) is 4.39 Å². The second-order valence-electron chi connectivity index (χ2n) is 4.95. The first-order chi connectivity index (χ1) is 9.10. The molecular weight excluding hydrogens is 243 g/mol. The van der Waals surface area contributed by atoms with E-state index >= 15 is 0 Å². The summed E-state index contributed by atoms with van der Waals surface area (Å²) in [6.45, 7) is 8.74. The fourth-order valence-electron chi connectivity index (χ4n) is 2.47. The van der Waals surface area contributed by atoms with Crippen LogP contribution in [0.2, 0.25) is 0 Å². The first kappa shape index (κ1) is 13.7. The quantitative estimate of drug-likeness (QED) is 0.778. The van der Waals surface area contributed by atoms with Crippen LogP contribution in [0.3, 0.4) is 0 Å². The van der Waals surface area contributed by atoms with E-state index in [2.05, 4.69) is 11.5 Å². The van der Waals surface area contributed by atoms with Gasteiger partial charge in [0.2, 0.25) is 5.91 Å². The second kappa shape index (κ2) is 5.97. The maximum Gasteiger partial charge on any atom is 0.246 e. The van der Waals surface area contributed by atoms with E-state index in [1.165, 1.54) is 18.2 Å². The first-order valence-electron chi connectivity index (χ1n) is 6.50. The maximum absolute atomic E-state index is 12.8. The summed E-state index contributed by atoms with van der Waals surface area (Å²) in [7, 11) is 0. The van der Waals surface area contributed by atoms with Gasteiger partial charge in [0.15, 0.2) is 0 Å². The van der Waals surface area contributed by atoms with Crippen molar-refractivity contribution in [2.75, 3.05) is 19.6 Å². The molecule has 3 nitrogen and oxygen atoms in total. The van der Waals surface area contributed by atoms with E-state index in [0.717, 1.165) is 25.2 Å². The van der Waals surface area contributed by atoms with Gasteiger partial charge >= 0.3 is 0 Å². The summed E-state index contributed by atoms with van der Waals surface area (Å²) in [6, 6.07) is 6.76. The third-order valence-corrected chi connectivity index (χ3v) is 3.49. The largest absolute Gasteiger partial charge is 0.334 e. The summed E-state index contributed by atoms with van der Waals surface area (Å²) >= 11 is 0. The Bertz CT molecular complexity index is 458. The van der Waals surface area contributed by atoms with Crippen molar-refractivity contribution >= 4 is 5.91 Å². The fraction of sp³-hybridized carbons (Fsp3) is 0.400. The summed E-state index contributed by atoms with van der Waals surface area (Å²) in [5.41, 5.74) is 1.09. The Balaban J connectivity index is 1.93. The van der Waals surface area contributed by atoms with Crippen LogP contribution in [0.5, 0.6) is 0 Å². The van der Waals surface area contributed by atoms with Crippen molar-refractivity contribution in [1.82, 2.24) is 9.80 Å². The van der Waals surface area contributed by atoms with Crippen LogP contribution >= 0.6 is 0 Å². The number of amides is 1. The average molecular weight is 262 g/mol. The van der Waals surface area contributed by atoms with Crippen molar-refractivity contribution in [1.29, 1.82) is 0 Å². The Labute approximate surface area is 113 Å². The van der Waals surface area contributed by atoms with E-state index in [1.54, 1.807) is 12.1 Å². The number of carbonyl (C=O) groups is 1. The zero-order valence-corrected chi connectivity index (χ0v) is 11.2. The Morgan fingerprint density at radius 3 is 2.68 bits per heavy atom. The summed E-state index contributed by atoms with van der Waals surface area (Å²) in [4.78, 5) is 15.8. The molecule has 1 aliphatic rings. The number of halogens is 1. The Morgan fingerprint density at radius 1 is 1.42 bits per heavy atom. The van der Waals surface area contributed by atoms with Gasteiger partial charge in [0.25, 0.3) is 0 Å². The highest BCUT2D eigenvalue weighted by Gasteiger charge is 2.25. The molecule has 1 aromatic carbocycles. The molecule has 1 heterocycles. The van der Waals surface area contributed by atoms with Gasteiger partial charge < -0.3 is 4.90 Å². The molecule has 19 heavy (non-hydrogen) atoms. The number of rotatable bonds is 3. The van der Waals surface area contributed by atoms with Crippen LogP contribution < -0.4 is 0 Å². The standard InChI is InChI=1S/C15H19FN2O/c1-3-15(19)18-9-8-17(10-12(18)2)11-13-4-6-14(16)7-5-13/h3-7,12H,1,8-11H2,2H3/t12-/m1/s1. The van der Waals surface area contributed by atoms with Gasteiger partial charge in [-0.1, -0.05) is 18.7 Å². The van der Waals surface area contributed by atoms with Gasteiger partial charge in [0.05, 0.1) is 0 Å². The molecule has 0 bridgehead atoms. The number of hydrogen-bond acceptors (Lipinski definition) is 2. The lowest BCUT2D eigenvalue weighted by Gasteiger charge is -2.39. The third kappa shape index (κ3) is 3.41. The van der Waals surface area contributed by atoms with E-state index < -0.39 is 0 Å². The molecule has 0 aromatic heterocycles. The maximum atomic E-state index is 12.8. The molecule has 0 spiro atoms. The molecule has 0 radical (unpaired) electrons. The molecule has 0 aliphatic carbocycles. The molecule has 0 N–H and O–H groups in total.